The van der Waals surface area contributed by atoms with E-state index in [0.717, 1.165) is 5.75 Å². The van der Waals surface area contributed by atoms with Crippen molar-refractivity contribution in [2.45, 2.75) is 38.9 Å². The van der Waals surface area contributed by atoms with Gasteiger partial charge in [-0.2, -0.15) is 0 Å². The molecule has 5 heteroatoms. The third-order valence-corrected chi connectivity index (χ3v) is 3.16. The molecule has 2 N–H and O–H groups in total. The van der Waals surface area contributed by atoms with E-state index >= 15 is 0 Å². The van der Waals surface area contributed by atoms with Crippen LogP contribution in [0.3, 0.4) is 0 Å². The Morgan fingerprint density at radius 1 is 1.00 bits per heavy atom. The van der Waals surface area contributed by atoms with E-state index in [0.29, 0.717) is 24.5 Å². The van der Waals surface area contributed by atoms with E-state index in [1.165, 1.54) is 0 Å². The Morgan fingerprint density at radius 2 is 1.64 bits per heavy atom. The molecular formula is C20H25NO4. The highest BCUT2D eigenvalue weighted by Crippen LogP contribution is 2.26. The molecule has 0 saturated carbocycles. The Labute approximate surface area is 148 Å². The molecule has 134 valence electrons. The third kappa shape index (κ3) is 6.47. The maximum atomic E-state index is 12.3. The van der Waals surface area contributed by atoms with Gasteiger partial charge in [-0.1, -0.05) is 24.3 Å². The molecule has 0 spiro atoms. The molecule has 2 aromatic rings. The zero-order chi connectivity index (χ0) is 18.3. The number of nitrogens with two attached hydrogens (primary N) is 1. The number of ether oxygens (including phenoxy) is 3. The van der Waals surface area contributed by atoms with Crippen LogP contribution >= 0.6 is 0 Å². The van der Waals surface area contributed by atoms with E-state index < -0.39 is 17.7 Å². The van der Waals surface area contributed by atoms with Gasteiger partial charge in [-0.3, -0.25) is 0 Å². The summed E-state index contributed by atoms with van der Waals surface area (Å²) in [6.45, 7) is 5.78. The van der Waals surface area contributed by atoms with Crippen LogP contribution in [0.5, 0.6) is 17.2 Å². The van der Waals surface area contributed by atoms with E-state index in [2.05, 4.69) is 0 Å². The van der Waals surface area contributed by atoms with Crippen molar-refractivity contribution in [2.24, 2.45) is 5.73 Å². The Bertz CT molecular complexity index is 680. The predicted molar refractivity (Wildman–Crippen MR) is 96.9 cm³/mol. The third-order valence-electron chi connectivity index (χ3n) is 3.16. The first-order chi connectivity index (χ1) is 11.9. The topological polar surface area (TPSA) is 70.8 Å². The van der Waals surface area contributed by atoms with Crippen LogP contribution in [0.2, 0.25) is 0 Å². The van der Waals surface area contributed by atoms with Crippen molar-refractivity contribution < 1.29 is 19.0 Å². The van der Waals surface area contributed by atoms with E-state index in [4.69, 9.17) is 19.9 Å². The smallest absolute Gasteiger partial charge is 0.347 e. The molecule has 0 heterocycles. The molecule has 1 unspecified atom stereocenters. The van der Waals surface area contributed by atoms with Gasteiger partial charge in [0.2, 0.25) is 0 Å². The van der Waals surface area contributed by atoms with Crippen LogP contribution in [0.1, 0.15) is 27.2 Å². The van der Waals surface area contributed by atoms with Crippen molar-refractivity contribution in [3.8, 4) is 17.2 Å². The average molecular weight is 343 g/mol. The van der Waals surface area contributed by atoms with Crippen molar-refractivity contribution in [3.05, 3.63) is 54.6 Å². The molecule has 0 aliphatic carbocycles. The number of hydrogen-bond donors (Lipinski definition) is 1. The van der Waals surface area contributed by atoms with Crippen LogP contribution < -0.4 is 15.2 Å². The summed E-state index contributed by atoms with van der Waals surface area (Å²) in [4.78, 5) is 12.3. The fourth-order valence-electron chi connectivity index (χ4n) is 2.14. The number of hydrogen-bond acceptors (Lipinski definition) is 5. The average Bonchev–Trinajstić information content (AvgIpc) is 2.54. The normalized spacial score (nSPS) is 12.3. The SMILES string of the molecule is CC(C)(C)OC(=O)C(CCN)Oc1cccc(Oc2ccccc2)c1. The van der Waals surface area contributed by atoms with Gasteiger partial charge in [0.1, 0.15) is 22.8 Å². The van der Waals surface area contributed by atoms with Gasteiger partial charge in [-0.05, 0) is 51.6 Å². The lowest BCUT2D eigenvalue weighted by Crippen LogP contribution is -2.36. The van der Waals surface area contributed by atoms with Crippen molar-refractivity contribution in [1.82, 2.24) is 0 Å². The highest BCUT2D eigenvalue weighted by Gasteiger charge is 2.26. The molecule has 0 aliphatic rings. The molecule has 0 amide bonds. The summed E-state index contributed by atoms with van der Waals surface area (Å²) >= 11 is 0. The van der Waals surface area contributed by atoms with E-state index in [-0.39, 0.29) is 0 Å². The van der Waals surface area contributed by atoms with Crippen LogP contribution in [0, 0.1) is 0 Å². The molecule has 2 rings (SSSR count). The maximum absolute atomic E-state index is 12.3. The number of carbonyl (C=O) groups is 1. The number of rotatable bonds is 7. The molecule has 25 heavy (non-hydrogen) atoms. The molecule has 0 aromatic heterocycles. The standard InChI is InChI=1S/C20H25NO4/c1-20(2,3)25-19(22)18(12-13-21)24-17-11-7-10-16(14-17)23-15-8-5-4-6-9-15/h4-11,14,18H,12-13,21H2,1-3H3. The van der Waals surface area contributed by atoms with Gasteiger partial charge in [0.15, 0.2) is 6.10 Å². The van der Waals surface area contributed by atoms with Crippen LogP contribution in [0.25, 0.3) is 0 Å². The lowest BCUT2D eigenvalue weighted by molar-refractivity contribution is -0.163. The van der Waals surface area contributed by atoms with Crippen molar-refractivity contribution in [2.75, 3.05) is 6.54 Å². The van der Waals surface area contributed by atoms with E-state index in [9.17, 15) is 4.79 Å². The second-order valence-electron chi connectivity index (χ2n) is 6.61. The highest BCUT2D eigenvalue weighted by atomic mass is 16.6. The maximum Gasteiger partial charge on any atom is 0.347 e. The Morgan fingerprint density at radius 3 is 2.28 bits per heavy atom. The van der Waals surface area contributed by atoms with Gasteiger partial charge in [0.05, 0.1) is 0 Å². The van der Waals surface area contributed by atoms with Gasteiger partial charge in [0.25, 0.3) is 0 Å². The van der Waals surface area contributed by atoms with Gasteiger partial charge in [-0.15, -0.1) is 0 Å². The lowest BCUT2D eigenvalue weighted by Gasteiger charge is -2.24. The molecular weight excluding hydrogens is 318 g/mol. The highest BCUT2D eigenvalue weighted by molar-refractivity contribution is 5.75. The second kappa shape index (κ2) is 8.53. The Kier molecular flexibility index (Phi) is 6.42. The van der Waals surface area contributed by atoms with Crippen LogP contribution in [0.4, 0.5) is 0 Å². The Balaban J connectivity index is 2.08. The van der Waals surface area contributed by atoms with Crippen molar-refractivity contribution in [3.63, 3.8) is 0 Å². The second-order valence-corrected chi connectivity index (χ2v) is 6.61. The van der Waals surface area contributed by atoms with Crippen molar-refractivity contribution >= 4 is 5.97 Å². The monoisotopic (exact) mass is 343 g/mol. The molecule has 0 aliphatic heterocycles. The molecule has 0 fully saturated rings. The lowest BCUT2D eigenvalue weighted by atomic mass is 10.2. The van der Waals surface area contributed by atoms with Crippen LogP contribution in [0.15, 0.2) is 54.6 Å². The molecule has 2 aromatic carbocycles. The van der Waals surface area contributed by atoms with Gasteiger partial charge in [0, 0.05) is 12.5 Å². The first kappa shape index (κ1) is 18.8. The summed E-state index contributed by atoms with van der Waals surface area (Å²) in [7, 11) is 0. The zero-order valence-corrected chi connectivity index (χ0v) is 14.9. The number of esters is 1. The largest absolute Gasteiger partial charge is 0.479 e. The molecule has 5 nitrogen and oxygen atoms in total. The molecule has 0 bridgehead atoms. The van der Waals surface area contributed by atoms with Crippen molar-refractivity contribution in [1.29, 1.82) is 0 Å². The number of carbonyl (C=O) groups excluding carboxylic acids is 1. The first-order valence-corrected chi connectivity index (χ1v) is 8.30. The minimum atomic E-state index is -0.754. The quantitative estimate of drug-likeness (QED) is 0.772. The number of para-hydroxylation sites is 1. The van der Waals surface area contributed by atoms with E-state index in [1.54, 1.807) is 12.1 Å². The molecule has 0 saturated heterocycles. The van der Waals surface area contributed by atoms with E-state index in [1.807, 2.05) is 63.2 Å². The fraction of sp³-hybridized carbons (Fsp3) is 0.350. The Hall–Kier alpha value is -2.53. The van der Waals surface area contributed by atoms with Crippen LogP contribution in [-0.4, -0.2) is 24.2 Å². The summed E-state index contributed by atoms with van der Waals surface area (Å²) < 4.78 is 17.0. The molecule has 1 atom stereocenters. The van der Waals surface area contributed by atoms with Gasteiger partial charge >= 0.3 is 5.97 Å². The van der Waals surface area contributed by atoms with Gasteiger partial charge < -0.3 is 19.9 Å². The van der Waals surface area contributed by atoms with Crippen LogP contribution in [-0.2, 0) is 9.53 Å². The molecule has 0 radical (unpaired) electrons. The minimum absolute atomic E-state index is 0.324. The number of benzene rings is 2. The summed E-state index contributed by atoms with van der Waals surface area (Å²) in [5.74, 6) is 1.45. The summed E-state index contributed by atoms with van der Waals surface area (Å²) in [6.07, 6.45) is -0.380. The summed E-state index contributed by atoms with van der Waals surface area (Å²) in [6, 6.07) is 16.6. The summed E-state index contributed by atoms with van der Waals surface area (Å²) in [5, 5.41) is 0. The summed E-state index contributed by atoms with van der Waals surface area (Å²) in [5.41, 5.74) is 5.03. The first-order valence-electron chi connectivity index (χ1n) is 8.30. The fourth-order valence-corrected chi connectivity index (χ4v) is 2.14. The zero-order valence-electron chi connectivity index (χ0n) is 14.9. The van der Waals surface area contributed by atoms with Gasteiger partial charge in [-0.25, -0.2) is 4.79 Å². The minimum Gasteiger partial charge on any atom is -0.479 e. The predicted octanol–water partition coefficient (Wildman–Crippen LogP) is 3.92.